The van der Waals surface area contributed by atoms with Gasteiger partial charge in [0.2, 0.25) is 0 Å². The second kappa shape index (κ2) is 6.81. The lowest BCUT2D eigenvalue weighted by Gasteiger charge is -2.17. The van der Waals surface area contributed by atoms with Gasteiger partial charge in [0.15, 0.2) is 0 Å². The molecular weight excluding hydrogens is 216 g/mol. The Balaban J connectivity index is 2.52. The van der Waals surface area contributed by atoms with Crippen molar-refractivity contribution in [1.82, 2.24) is 14.9 Å². The molecule has 1 rings (SSSR count). The van der Waals surface area contributed by atoms with Gasteiger partial charge >= 0.3 is 6.01 Å². The van der Waals surface area contributed by atoms with E-state index >= 15 is 0 Å². The molecule has 0 bridgehead atoms. The van der Waals surface area contributed by atoms with Crippen LogP contribution in [0.1, 0.15) is 25.2 Å². The maximum Gasteiger partial charge on any atom is 0.317 e. The molecule has 5 nitrogen and oxygen atoms in total. The number of hydrogen-bond acceptors (Lipinski definition) is 5. The van der Waals surface area contributed by atoms with E-state index in [0.717, 1.165) is 25.3 Å². The van der Waals surface area contributed by atoms with Gasteiger partial charge in [-0.05, 0) is 26.1 Å². The van der Waals surface area contributed by atoms with Crippen LogP contribution in [0.3, 0.4) is 0 Å². The smallest absolute Gasteiger partial charge is 0.317 e. The summed E-state index contributed by atoms with van der Waals surface area (Å²) in [5, 5.41) is 8.77. The van der Waals surface area contributed by atoms with Crippen molar-refractivity contribution < 1.29 is 4.74 Å². The van der Waals surface area contributed by atoms with E-state index in [-0.39, 0.29) is 6.01 Å². The second-order valence-electron chi connectivity index (χ2n) is 3.66. The molecule has 1 aromatic rings. The molecule has 0 radical (unpaired) electrons. The first-order chi connectivity index (χ1) is 8.19. The summed E-state index contributed by atoms with van der Waals surface area (Å²) in [5.74, 6) is 0. The first-order valence-electron chi connectivity index (χ1n) is 5.80. The monoisotopic (exact) mass is 234 g/mol. The highest BCUT2D eigenvalue weighted by Gasteiger charge is 2.04. The van der Waals surface area contributed by atoms with Gasteiger partial charge in [-0.25, -0.2) is 4.98 Å². The molecule has 17 heavy (non-hydrogen) atoms. The third kappa shape index (κ3) is 4.37. The molecule has 0 spiro atoms. The Hall–Kier alpha value is -1.67. The van der Waals surface area contributed by atoms with Crippen molar-refractivity contribution in [2.45, 2.75) is 20.8 Å². The highest BCUT2D eigenvalue weighted by Crippen LogP contribution is 2.06. The number of ether oxygens (including phenoxy) is 1. The Morgan fingerprint density at radius 2 is 2.06 bits per heavy atom. The molecule has 0 aliphatic rings. The van der Waals surface area contributed by atoms with Crippen molar-refractivity contribution in [2.24, 2.45) is 0 Å². The third-order valence-electron chi connectivity index (χ3n) is 2.48. The van der Waals surface area contributed by atoms with E-state index in [2.05, 4.69) is 28.7 Å². The molecule has 1 heterocycles. The van der Waals surface area contributed by atoms with Gasteiger partial charge in [0.1, 0.15) is 18.4 Å². The van der Waals surface area contributed by atoms with Gasteiger partial charge in [-0.15, -0.1) is 0 Å². The van der Waals surface area contributed by atoms with E-state index in [0.29, 0.717) is 12.3 Å². The standard InChI is InChI=1S/C12H18N4O/c1-4-16(5-2)6-7-17-12-14-10(3)8-11(9-13)15-12/h8H,4-7H2,1-3H3. The molecule has 0 unspecified atom stereocenters. The van der Waals surface area contributed by atoms with Crippen LogP contribution in [0.2, 0.25) is 0 Å². The molecule has 0 saturated carbocycles. The first-order valence-corrected chi connectivity index (χ1v) is 5.80. The van der Waals surface area contributed by atoms with Crippen LogP contribution in [0.15, 0.2) is 6.07 Å². The van der Waals surface area contributed by atoms with E-state index in [4.69, 9.17) is 10.00 Å². The fourth-order valence-corrected chi connectivity index (χ4v) is 1.47. The molecular formula is C12H18N4O. The molecule has 0 aliphatic heterocycles. The van der Waals surface area contributed by atoms with Gasteiger partial charge in [0.25, 0.3) is 0 Å². The van der Waals surface area contributed by atoms with Crippen LogP contribution in [0.25, 0.3) is 0 Å². The summed E-state index contributed by atoms with van der Waals surface area (Å²) in [5.41, 5.74) is 1.09. The average molecular weight is 234 g/mol. The predicted molar refractivity (Wildman–Crippen MR) is 64.8 cm³/mol. The zero-order valence-electron chi connectivity index (χ0n) is 10.6. The molecule has 0 amide bonds. The maximum absolute atomic E-state index is 8.77. The minimum absolute atomic E-state index is 0.286. The van der Waals surface area contributed by atoms with Gasteiger partial charge in [-0.1, -0.05) is 13.8 Å². The minimum atomic E-state index is 0.286. The second-order valence-corrected chi connectivity index (χ2v) is 3.66. The quantitative estimate of drug-likeness (QED) is 0.744. The molecule has 1 aromatic heterocycles. The lowest BCUT2D eigenvalue weighted by Crippen LogP contribution is -2.28. The molecule has 0 N–H and O–H groups in total. The Morgan fingerprint density at radius 3 is 2.65 bits per heavy atom. The van der Waals surface area contributed by atoms with Crippen molar-refractivity contribution in [3.8, 4) is 12.1 Å². The van der Waals surface area contributed by atoms with Gasteiger partial charge in [-0.3, -0.25) is 0 Å². The molecule has 92 valence electrons. The van der Waals surface area contributed by atoms with Crippen molar-refractivity contribution in [3.05, 3.63) is 17.5 Å². The largest absolute Gasteiger partial charge is 0.462 e. The highest BCUT2D eigenvalue weighted by atomic mass is 16.5. The molecule has 0 fully saturated rings. The fourth-order valence-electron chi connectivity index (χ4n) is 1.47. The molecule has 5 heteroatoms. The van der Waals surface area contributed by atoms with Crippen LogP contribution in [0.5, 0.6) is 6.01 Å². The third-order valence-corrected chi connectivity index (χ3v) is 2.48. The number of nitrogens with zero attached hydrogens (tertiary/aromatic N) is 4. The number of aromatic nitrogens is 2. The zero-order valence-corrected chi connectivity index (χ0v) is 10.6. The summed E-state index contributed by atoms with van der Waals surface area (Å²) in [6, 6.07) is 3.91. The summed E-state index contributed by atoms with van der Waals surface area (Å²) in [6.07, 6.45) is 0. The summed E-state index contributed by atoms with van der Waals surface area (Å²) in [7, 11) is 0. The van der Waals surface area contributed by atoms with Gasteiger partial charge in [0.05, 0.1) is 0 Å². The van der Waals surface area contributed by atoms with Gasteiger partial charge < -0.3 is 9.64 Å². The SMILES string of the molecule is CCN(CC)CCOc1nc(C)cc(C#N)n1. The van der Waals surface area contributed by atoms with Crippen LogP contribution >= 0.6 is 0 Å². The van der Waals surface area contributed by atoms with Crippen LogP contribution in [0, 0.1) is 18.3 Å². The number of likely N-dealkylation sites (N-methyl/N-ethyl adjacent to an activating group) is 1. The summed E-state index contributed by atoms with van der Waals surface area (Å²) < 4.78 is 5.45. The lowest BCUT2D eigenvalue weighted by molar-refractivity contribution is 0.212. The molecule has 0 aliphatic carbocycles. The molecule has 0 atom stereocenters. The lowest BCUT2D eigenvalue weighted by atomic mass is 10.3. The normalized spacial score (nSPS) is 10.3. The van der Waals surface area contributed by atoms with E-state index in [1.165, 1.54) is 0 Å². The van der Waals surface area contributed by atoms with Crippen molar-refractivity contribution >= 4 is 0 Å². The Morgan fingerprint density at radius 1 is 1.35 bits per heavy atom. The average Bonchev–Trinajstić information content (AvgIpc) is 2.34. The summed E-state index contributed by atoms with van der Waals surface area (Å²) in [4.78, 5) is 10.4. The highest BCUT2D eigenvalue weighted by molar-refractivity contribution is 5.23. The number of aryl methyl sites for hydroxylation is 1. The number of hydrogen-bond donors (Lipinski definition) is 0. The van der Waals surface area contributed by atoms with Crippen LogP contribution < -0.4 is 4.74 Å². The topological polar surface area (TPSA) is 62.0 Å². The van der Waals surface area contributed by atoms with E-state index < -0.39 is 0 Å². The van der Waals surface area contributed by atoms with E-state index in [1.54, 1.807) is 6.07 Å². The van der Waals surface area contributed by atoms with Crippen molar-refractivity contribution in [3.63, 3.8) is 0 Å². The van der Waals surface area contributed by atoms with Gasteiger partial charge in [0, 0.05) is 12.2 Å². The van der Waals surface area contributed by atoms with Crippen LogP contribution in [-0.4, -0.2) is 41.1 Å². The van der Waals surface area contributed by atoms with Crippen LogP contribution in [-0.2, 0) is 0 Å². The van der Waals surface area contributed by atoms with Gasteiger partial charge in [-0.2, -0.15) is 10.2 Å². The Kier molecular flexibility index (Phi) is 5.37. The molecule has 0 aromatic carbocycles. The summed E-state index contributed by atoms with van der Waals surface area (Å²) >= 11 is 0. The zero-order chi connectivity index (χ0) is 12.7. The predicted octanol–water partition coefficient (Wildman–Crippen LogP) is 1.38. The first kappa shape index (κ1) is 13.4. The number of rotatable bonds is 6. The number of nitriles is 1. The van der Waals surface area contributed by atoms with E-state index in [9.17, 15) is 0 Å². The minimum Gasteiger partial charge on any atom is -0.462 e. The molecule has 0 saturated heterocycles. The fraction of sp³-hybridized carbons (Fsp3) is 0.583. The van der Waals surface area contributed by atoms with E-state index in [1.807, 2.05) is 13.0 Å². The Bertz CT molecular complexity index is 396. The van der Waals surface area contributed by atoms with Crippen molar-refractivity contribution in [2.75, 3.05) is 26.2 Å². The van der Waals surface area contributed by atoms with Crippen LogP contribution in [0.4, 0.5) is 0 Å². The summed E-state index contributed by atoms with van der Waals surface area (Å²) in [6.45, 7) is 9.42. The maximum atomic E-state index is 8.77. The van der Waals surface area contributed by atoms with Crippen molar-refractivity contribution in [1.29, 1.82) is 5.26 Å². The Labute approximate surface area is 102 Å².